The zero-order valence-electron chi connectivity index (χ0n) is 19.9. The van der Waals surface area contributed by atoms with E-state index < -0.39 is 10.1 Å². The monoisotopic (exact) mass is 490 g/mol. The Hall–Kier alpha value is -3.22. The number of fused-ring (bicyclic) bond motifs is 2. The lowest BCUT2D eigenvalue weighted by atomic mass is 9.98. The first-order valence-electron chi connectivity index (χ1n) is 10.9. The van der Waals surface area contributed by atoms with E-state index in [-0.39, 0.29) is 10.6 Å². The van der Waals surface area contributed by atoms with Crippen molar-refractivity contribution in [3.05, 3.63) is 40.4 Å². The molecule has 0 unspecified atom stereocenters. The van der Waals surface area contributed by atoms with Gasteiger partial charge in [-0.05, 0) is 37.4 Å². The molecule has 0 atom stereocenters. The number of nitro groups is 1. The average Bonchev–Trinajstić information content (AvgIpc) is 3.13. The number of nitro benzene ring substituents is 1. The van der Waals surface area contributed by atoms with Gasteiger partial charge >= 0.3 is 0 Å². The molecular weight excluding hydrogens is 460 g/mol. The van der Waals surface area contributed by atoms with Crippen LogP contribution in [0.1, 0.15) is 13.8 Å². The van der Waals surface area contributed by atoms with Gasteiger partial charge in [-0.2, -0.15) is 13.5 Å². The van der Waals surface area contributed by atoms with Crippen LogP contribution in [0.5, 0.6) is 0 Å². The van der Waals surface area contributed by atoms with Gasteiger partial charge in [0.2, 0.25) is 0 Å². The summed E-state index contributed by atoms with van der Waals surface area (Å²) in [6.45, 7) is 7.88. The molecule has 0 fully saturated rings. The molecule has 0 bridgehead atoms. The van der Waals surface area contributed by atoms with Crippen molar-refractivity contribution < 1.29 is 17.9 Å². The molecule has 0 saturated heterocycles. The molecule has 4 rings (SSSR count). The van der Waals surface area contributed by atoms with E-state index in [9.17, 15) is 18.5 Å². The van der Waals surface area contributed by atoms with Crippen LogP contribution in [0, 0.1) is 10.1 Å². The molecule has 34 heavy (non-hydrogen) atoms. The van der Waals surface area contributed by atoms with Crippen molar-refractivity contribution in [1.29, 1.82) is 0 Å². The third-order valence-corrected chi connectivity index (χ3v) is 5.65. The van der Waals surface area contributed by atoms with Gasteiger partial charge in [0, 0.05) is 43.6 Å². The van der Waals surface area contributed by atoms with Gasteiger partial charge in [-0.25, -0.2) is 0 Å². The molecule has 0 saturated carbocycles. The summed E-state index contributed by atoms with van der Waals surface area (Å²) in [6, 6.07) is 9.44. The Labute approximate surface area is 198 Å². The Morgan fingerprint density at radius 2 is 1.82 bits per heavy atom. The van der Waals surface area contributed by atoms with Crippen molar-refractivity contribution in [1.82, 2.24) is 14.7 Å². The molecule has 0 aliphatic carbocycles. The highest BCUT2D eigenvalue weighted by molar-refractivity contribution is 7.85. The highest BCUT2D eigenvalue weighted by Crippen LogP contribution is 2.47. The number of likely N-dealkylation sites (N-methyl/N-ethyl adjacent to an activating group) is 1. The fraction of sp³-hybridized carbons (Fsp3) is 0.409. The topological polar surface area (TPSA) is 134 Å². The number of anilines is 3. The minimum Gasteiger partial charge on any atom is -0.378 e. The summed E-state index contributed by atoms with van der Waals surface area (Å²) in [5, 5.41) is 20.7. The third kappa shape index (κ3) is 5.46. The second-order valence-corrected chi connectivity index (χ2v) is 9.66. The van der Waals surface area contributed by atoms with Crippen molar-refractivity contribution in [2.45, 2.75) is 20.4 Å². The van der Waals surface area contributed by atoms with Crippen molar-refractivity contribution in [3.8, 4) is 11.3 Å². The van der Waals surface area contributed by atoms with Crippen LogP contribution in [-0.4, -0.2) is 72.6 Å². The molecule has 1 aromatic heterocycles. The van der Waals surface area contributed by atoms with Crippen molar-refractivity contribution in [2.75, 3.05) is 50.2 Å². The summed E-state index contributed by atoms with van der Waals surface area (Å²) in [6.07, 6.45) is 0.715. The third-order valence-electron chi connectivity index (χ3n) is 5.65. The molecule has 2 aromatic carbocycles. The molecule has 3 aromatic rings. The van der Waals surface area contributed by atoms with E-state index in [0.717, 1.165) is 59.7 Å². The van der Waals surface area contributed by atoms with Gasteiger partial charge in [0.05, 0.1) is 28.6 Å². The molecule has 1 aliphatic heterocycles. The number of nitrogens with zero attached hydrogens (tertiary/aromatic N) is 5. The van der Waals surface area contributed by atoms with Gasteiger partial charge in [-0.1, -0.05) is 13.8 Å². The fourth-order valence-electron chi connectivity index (χ4n) is 3.92. The number of rotatable bonds is 7. The lowest BCUT2D eigenvalue weighted by Crippen LogP contribution is -2.27. The summed E-state index contributed by atoms with van der Waals surface area (Å²) in [7, 11) is 0.324. The lowest BCUT2D eigenvalue weighted by Gasteiger charge is -2.20. The highest BCUT2D eigenvalue weighted by atomic mass is 32.2. The van der Waals surface area contributed by atoms with Gasteiger partial charge in [-0.3, -0.25) is 19.3 Å². The molecule has 1 aliphatic rings. The van der Waals surface area contributed by atoms with Crippen LogP contribution in [-0.2, 0) is 16.7 Å². The molecule has 0 spiro atoms. The van der Waals surface area contributed by atoms with Crippen molar-refractivity contribution in [2.24, 2.45) is 0 Å². The molecule has 2 N–H and O–H groups in total. The Morgan fingerprint density at radius 1 is 1.18 bits per heavy atom. The molecular formula is C22H30N6O5S. The summed E-state index contributed by atoms with van der Waals surface area (Å²) in [5.41, 5.74) is 5.19. The van der Waals surface area contributed by atoms with Gasteiger partial charge < -0.3 is 15.1 Å². The first-order valence-corrected chi connectivity index (χ1v) is 12.7. The average molecular weight is 491 g/mol. The zero-order valence-corrected chi connectivity index (χ0v) is 20.8. The predicted octanol–water partition coefficient (Wildman–Crippen LogP) is 3.58. The quantitative estimate of drug-likeness (QED) is 0.226. The van der Waals surface area contributed by atoms with Gasteiger partial charge in [0.15, 0.2) is 0 Å². The van der Waals surface area contributed by atoms with E-state index in [1.54, 1.807) is 6.07 Å². The minimum absolute atomic E-state index is 0.0735. The number of aromatic nitrogens is 2. The number of hydrogen-bond donors (Lipinski definition) is 2. The van der Waals surface area contributed by atoms with Gasteiger partial charge in [-0.15, -0.1) is 0 Å². The summed E-state index contributed by atoms with van der Waals surface area (Å²) < 4.78 is 27.8. The van der Waals surface area contributed by atoms with Crippen molar-refractivity contribution >= 4 is 43.8 Å². The van der Waals surface area contributed by atoms with Crippen LogP contribution in [0.25, 0.3) is 22.2 Å². The Morgan fingerprint density at radius 3 is 2.38 bits per heavy atom. The molecule has 0 radical (unpaired) electrons. The van der Waals surface area contributed by atoms with E-state index in [1.807, 2.05) is 41.9 Å². The van der Waals surface area contributed by atoms with E-state index in [1.165, 1.54) is 0 Å². The van der Waals surface area contributed by atoms with Gasteiger partial charge in [0.25, 0.3) is 15.8 Å². The SMILES string of the molecule is CCN(CC)CCn1nc2c3c(c([N+](=O)[O-])ccc31)Nc1ccc(N(C)C)cc1-2.CS(=O)(=O)O. The largest absolute Gasteiger partial charge is 0.378 e. The molecule has 12 heteroatoms. The van der Waals surface area contributed by atoms with Gasteiger partial charge in [0.1, 0.15) is 11.4 Å². The maximum Gasteiger partial charge on any atom is 0.293 e. The normalized spacial score (nSPS) is 12.1. The van der Waals surface area contributed by atoms with Crippen LogP contribution in [0.4, 0.5) is 22.7 Å². The summed E-state index contributed by atoms with van der Waals surface area (Å²) >= 11 is 0. The fourth-order valence-corrected chi connectivity index (χ4v) is 3.92. The number of hydrogen-bond acceptors (Lipinski definition) is 8. The summed E-state index contributed by atoms with van der Waals surface area (Å²) in [5.74, 6) is 0. The molecule has 184 valence electrons. The van der Waals surface area contributed by atoms with E-state index in [2.05, 4.69) is 30.1 Å². The van der Waals surface area contributed by atoms with Crippen LogP contribution in [0.2, 0.25) is 0 Å². The lowest BCUT2D eigenvalue weighted by molar-refractivity contribution is -0.383. The number of nitrogens with one attached hydrogen (secondary N) is 1. The first-order chi connectivity index (χ1) is 15.9. The minimum atomic E-state index is -3.67. The maximum absolute atomic E-state index is 11.6. The molecule has 11 nitrogen and oxygen atoms in total. The van der Waals surface area contributed by atoms with E-state index >= 15 is 0 Å². The van der Waals surface area contributed by atoms with Crippen LogP contribution >= 0.6 is 0 Å². The predicted molar refractivity (Wildman–Crippen MR) is 135 cm³/mol. The molecule has 0 amide bonds. The standard InChI is InChI=1S/C21H26N6O2.CH4O3S/c1-5-25(6-2)11-12-26-17-9-10-18(27(28)29)21-19(17)20(23-26)15-13-14(24(3)4)7-8-16(15)22-21;1-5(2,3)4/h7-10,13,22H,5-6,11-12H2,1-4H3;1H3,(H,2,3,4). The van der Waals surface area contributed by atoms with E-state index in [0.29, 0.717) is 11.9 Å². The Bertz CT molecular complexity index is 1310. The highest BCUT2D eigenvalue weighted by Gasteiger charge is 2.29. The van der Waals surface area contributed by atoms with Crippen LogP contribution in [0.3, 0.4) is 0 Å². The Kier molecular flexibility index (Phi) is 7.44. The smallest absolute Gasteiger partial charge is 0.293 e. The van der Waals surface area contributed by atoms with Crippen molar-refractivity contribution in [3.63, 3.8) is 0 Å². The van der Waals surface area contributed by atoms with Crippen LogP contribution in [0.15, 0.2) is 30.3 Å². The second kappa shape index (κ2) is 9.95. The second-order valence-electron chi connectivity index (χ2n) is 8.19. The van der Waals surface area contributed by atoms with Crippen LogP contribution < -0.4 is 10.2 Å². The molecule has 2 heterocycles. The maximum atomic E-state index is 11.6. The number of benzene rings is 2. The first kappa shape index (κ1) is 25.4. The zero-order chi connectivity index (χ0) is 25.2. The van der Waals surface area contributed by atoms with E-state index in [4.69, 9.17) is 9.65 Å². The summed E-state index contributed by atoms with van der Waals surface area (Å²) in [4.78, 5) is 15.7. The Balaban J connectivity index is 0.000000588.